The summed E-state index contributed by atoms with van der Waals surface area (Å²) in [6.45, 7) is 0. The zero-order valence-corrected chi connectivity index (χ0v) is 5.37. The summed E-state index contributed by atoms with van der Waals surface area (Å²) < 4.78 is 8.30. The summed E-state index contributed by atoms with van der Waals surface area (Å²) in [4.78, 5) is 0. The molecule has 23 valence electrons. The molecule has 4 heavy (non-hydrogen) atoms. The van der Waals surface area contributed by atoms with Gasteiger partial charge in [-0.2, -0.15) is 0 Å². The number of hydrogen-bond donors (Lipinski definition) is 0. The molecule has 0 aliphatic carbocycles. The van der Waals surface area contributed by atoms with Crippen LogP contribution in [-0.2, 0) is 25.6 Å². The Balaban J connectivity index is -0.00000000500. The predicted octanol–water partition coefficient (Wildman–Crippen LogP) is -0.621. The molecule has 4 heteroatoms. The summed E-state index contributed by atoms with van der Waals surface area (Å²) in [7, 11) is 0. The van der Waals surface area contributed by atoms with Gasteiger partial charge in [-0.05, 0) is 0 Å². The van der Waals surface area contributed by atoms with Crippen LogP contribution in [0.1, 0.15) is 0 Å². The molecule has 0 spiro atoms. The van der Waals surface area contributed by atoms with Crippen LogP contribution in [0.15, 0.2) is 0 Å². The molecule has 0 aromatic carbocycles. The van der Waals surface area contributed by atoms with Crippen LogP contribution in [0, 0.1) is 0 Å². The second-order valence-corrected chi connectivity index (χ2v) is 0. The molecule has 0 aliphatic heterocycles. The van der Waals surface area contributed by atoms with Crippen LogP contribution in [0.4, 0.5) is 0 Å². The zero-order valence-electron chi connectivity index (χ0n) is 1.64. The van der Waals surface area contributed by atoms with Gasteiger partial charge < -0.3 is 5.48 Å². The van der Waals surface area contributed by atoms with Gasteiger partial charge in [0.2, 0.25) is 0 Å². The number of rotatable bonds is 0. The Kier molecular flexibility index (Phi) is 159. The summed E-state index contributed by atoms with van der Waals surface area (Å²) in [5, 5.41) is 0. The molecule has 0 atom stereocenters. The third-order valence-electron chi connectivity index (χ3n) is 0. The first-order valence-electron chi connectivity index (χ1n) is 0.183. The van der Waals surface area contributed by atoms with E-state index in [-0.39, 0.29) is 22.5 Å². The van der Waals surface area contributed by atoms with Gasteiger partial charge in [-0.3, -0.25) is 0 Å². The molecule has 0 unspecified atom stereocenters. The molecule has 0 heterocycles. The SMILES string of the molecule is [Mn+2].[O-2].[O]=[Sb+]. The van der Waals surface area contributed by atoms with Crippen molar-refractivity contribution in [3.8, 4) is 0 Å². The van der Waals surface area contributed by atoms with Crippen molar-refractivity contribution in [2.24, 2.45) is 0 Å². The van der Waals surface area contributed by atoms with Crippen LogP contribution in [0.2, 0.25) is 0 Å². The normalized spacial score (nSPS) is 1.00. The predicted molar refractivity (Wildman–Crippen MR) is 7.13 cm³/mol. The Morgan fingerprint density at radius 3 is 1.25 bits per heavy atom. The van der Waals surface area contributed by atoms with E-state index in [9.17, 15) is 0 Å². The van der Waals surface area contributed by atoms with Crippen LogP contribution < -0.4 is 0 Å². The van der Waals surface area contributed by atoms with Crippen LogP contribution in [0.5, 0.6) is 0 Å². The van der Waals surface area contributed by atoms with Crippen LogP contribution in [0.3, 0.4) is 0 Å². The Morgan fingerprint density at radius 2 is 1.25 bits per heavy atom. The van der Waals surface area contributed by atoms with Gasteiger partial charge in [-0.25, -0.2) is 0 Å². The van der Waals surface area contributed by atoms with E-state index in [0.29, 0.717) is 23.0 Å². The molecule has 0 rings (SSSR count). The van der Waals surface area contributed by atoms with E-state index >= 15 is 0 Å². The fourth-order valence-corrected chi connectivity index (χ4v) is 0. The molecule has 0 aromatic heterocycles. The van der Waals surface area contributed by atoms with E-state index in [1.165, 1.54) is 0 Å². The Bertz CT molecular complexity index is 6.00. The average molecular weight is 209 g/mol. The van der Waals surface area contributed by atoms with Crippen LogP contribution >= 0.6 is 0 Å². The van der Waals surface area contributed by atoms with Crippen LogP contribution in [-0.4, -0.2) is 23.0 Å². The summed E-state index contributed by atoms with van der Waals surface area (Å²) in [6.07, 6.45) is 0. The fourth-order valence-electron chi connectivity index (χ4n) is 0. The molecule has 0 N–H and O–H groups in total. The molecular weight excluding hydrogens is 209 g/mol. The Labute approximate surface area is 48.6 Å². The van der Waals surface area contributed by atoms with Gasteiger partial charge in [0.15, 0.2) is 0 Å². The first kappa shape index (κ1) is 19.5. The second kappa shape index (κ2) is 32.6. The van der Waals surface area contributed by atoms with Crippen molar-refractivity contribution in [3.05, 3.63) is 0 Å². The van der Waals surface area contributed by atoms with E-state index in [0.717, 1.165) is 0 Å². The molecule has 0 fully saturated rings. The molecule has 3 radical (unpaired) electrons. The molecule has 2 nitrogen and oxygen atoms in total. The first-order chi connectivity index (χ1) is 1.00. The zero-order chi connectivity index (χ0) is 2.00. The Hall–Kier alpha value is 1.10. The average Bonchev–Trinajstić information content (AvgIpc) is 1.00. The van der Waals surface area contributed by atoms with E-state index in [4.69, 9.17) is 3.02 Å². The molecular formula is MnO2Sb+. The molecule has 0 aliphatic rings. The maximum absolute atomic E-state index is 8.30. The maximum atomic E-state index is 8.30. The monoisotopic (exact) mass is 208 g/mol. The third kappa shape index (κ3) is 11.3. The molecule has 0 amide bonds. The Morgan fingerprint density at radius 1 is 1.25 bits per heavy atom. The van der Waals surface area contributed by atoms with Gasteiger partial charge >= 0.3 is 43.1 Å². The molecule has 0 saturated heterocycles. The van der Waals surface area contributed by atoms with Crippen molar-refractivity contribution in [1.82, 2.24) is 0 Å². The van der Waals surface area contributed by atoms with Crippen molar-refractivity contribution in [3.63, 3.8) is 0 Å². The van der Waals surface area contributed by atoms with Crippen molar-refractivity contribution in [2.45, 2.75) is 0 Å². The van der Waals surface area contributed by atoms with Gasteiger partial charge in [-0.15, -0.1) is 0 Å². The minimum absolute atomic E-state index is 0. The fraction of sp³-hybridized carbons (Fsp3) is 0. The van der Waals surface area contributed by atoms with Gasteiger partial charge in [0.25, 0.3) is 0 Å². The van der Waals surface area contributed by atoms with Gasteiger partial charge in [0.1, 0.15) is 0 Å². The van der Waals surface area contributed by atoms with Crippen molar-refractivity contribution < 1.29 is 25.6 Å². The summed E-state index contributed by atoms with van der Waals surface area (Å²) >= 11 is 0.500. The van der Waals surface area contributed by atoms with E-state index in [2.05, 4.69) is 0 Å². The van der Waals surface area contributed by atoms with Gasteiger partial charge in [0, 0.05) is 0 Å². The van der Waals surface area contributed by atoms with Crippen molar-refractivity contribution in [2.75, 3.05) is 0 Å². The molecule has 0 saturated carbocycles. The third-order valence-corrected chi connectivity index (χ3v) is 0. The minimum atomic E-state index is 0. The van der Waals surface area contributed by atoms with Crippen molar-refractivity contribution >= 4 is 23.0 Å². The van der Waals surface area contributed by atoms with Gasteiger partial charge in [0.05, 0.1) is 0 Å². The standard InChI is InChI=1S/Mn.2O.Sb/q+2;;-2;+1. The quantitative estimate of drug-likeness (QED) is 0.490. The van der Waals surface area contributed by atoms with E-state index < -0.39 is 0 Å². The van der Waals surface area contributed by atoms with E-state index in [1.807, 2.05) is 0 Å². The van der Waals surface area contributed by atoms with E-state index in [1.54, 1.807) is 0 Å². The topological polar surface area (TPSA) is 45.6 Å². The molecule has 0 bridgehead atoms. The number of hydrogen-bond acceptors (Lipinski definition) is 1. The molecule has 0 aromatic rings. The first-order valence-corrected chi connectivity index (χ1v) is 1.22. The summed E-state index contributed by atoms with van der Waals surface area (Å²) in [5.41, 5.74) is 0. The second-order valence-electron chi connectivity index (χ2n) is 0. The summed E-state index contributed by atoms with van der Waals surface area (Å²) in [6, 6.07) is 0. The van der Waals surface area contributed by atoms with Crippen molar-refractivity contribution in [1.29, 1.82) is 0 Å². The van der Waals surface area contributed by atoms with Crippen LogP contribution in [0.25, 0.3) is 0 Å². The van der Waals surface area contributed by atoms with Gasteiger partial charge in [-0.1, -0.05) is 0 Å². The summed E-state index contributed by atoms with van der Waals surface area (Å²) in [5.74, 6) is 0.